The van der Waals surface area contributed by atoms with E-state index in [-0.39, 0.29) is 11.3 Å². The molecule has 1 aromatic rings. The second-order valence-corrected chi connectivity index (χ2v) is 8.71. The lowest BCUT2D eigenvalue weighted by molar-refractivity contribution is 0.0613. The number of carbonyl (C=O) groups is 1. The van der Waals surface area contributed by atoms with E-state index in [0.717, 1.165) is 31.6 Å². The molecule has 0 radical (unpaired) electrons. The van der Waals surface area contributed by atoms with Crippen molar-refractivity contribution in [2.24, 2.45) is 5.41 Å². The van der Waals surface area contributed by atoms with E-state index in [2.05, 4.69) is 43.1 Å². The van der Waals surface area contributed by atoms with Gasteiger partial charge in [-0.1, -0.05) is 51.8 Å². The van der Waals surface area contributed by atoms with Crippen LogP contribution in [0.4, 0.5) is 0 Å². The fraction of sp³-hybridized carbons (Fsp3) is 0.667. The summed E-state index contributed by atoms with van der Waals surface area (Å²) in [5.74, 6) is 0.810. The molecule has 2 aliphatic rings. The Morgan fingerprint density at radius 3 is 2.50 bits per heavy atom. The van der Waals surface area contributed by atoms with Crippen molar-refractivity contribution in [3.8, 4) is 0 Å². The van der Waals surface area contributed by atoms with Crippen LogP contribution < -0.4 is 5.32 Å². The molecule has 0 spiro atoms. The second kappa shape index (κ2) is 7.26. The molecule has 0 unspecified atom stereocenters. The molecule has 3 heteroatoms. The van der Waals surface area contributed by atoms with Crippen molar-refractivity contribution in [3.63, 3.8) is 0 Å². The molecule has 2 fully saturated rings. The monoisotopic (exact) mass is 328 g/mol. The van der Waals surface area contributed by atoms with Crippen LogP contribution in [0.2, 0.25) is 0 Å². The minimum Gasteiger partial charge on any atom is -0.334 e. The number of amides is 1. The molecule has 132 valence electrons. The van der Waals surface area contributed by atoms with Gasteiger partial charge in [0.2, 0.25) is 0 Å². The van der Waals surface area contributed by atoms with E-state index in [1.54, 1.807) is 0 Å². The Bertz CT molecular complexity index is 563. The maximum atomic E-state index is 13.5. The van der Waals surface area contributed by atoms with Gasteiger partial charge in [0.1, 0.15) is 0 Å². The van der Waals surface area contributed by atoms with E-state index in [1.165, 1.54) is 31.2 Å². The maximum absolute atomic E-state index is 13.5. The molecule has 24 heavy (non-hydrogen) atoms. The largest absolute Gasteiger partial charge is 0.334 e. The highest BCUT2D eigenvalue weighted by atomic mass is 16.2. The minimum absolute atomic E-state index is 0.112. The summed E-state index contributed by atoms with van der Waals surface area (Å²) in [6.07, 6.45) is 6.12. The van der Waals surface area contributed by atoms with Crippen LogP contribution in [0.1, 0.15) is 74.7 Å². The number of hydrogen-bond donors (Lipinski definition) is 1. The number of nitrogens with zero attached hydrogens (tertiary/aromatic N) is 1. The van der Waals surface area contributed by atoms with E-state index in [4.69, 9.17) is 0 Å². The molecule has 1 saturated carbocycles. The minimum atomic E-state index is 0.112. The third kappa shape index (κ3) is 4.00. The van der Waals surface area contributed by atoms with Gasteiger partial charge in [-0.2, -0.15) is 0 Å². The van der Waals surface area contributed by atoms with Crippen LogP contribution in [0.3, 0.4) is 0 Å². The molecule has 1 aliphatic heterocycles. The zero-order chi connectivity index (χ0) is 17.2. The molecule has 1 N–H and O–H groups in total. The van der Waals surface area contributed by atoms with Crippen LogP contribution >= 0.6 is 0 Å². The zero-order valence-corrected chi connectivity index (χ0v) is 15.5. The van der Waals surface area contributed by atoms with Crippen molar-refractivity contribution in [2.45, 2.75) is 64.8 Å². The van der Waals surface area contributed by atoms with Gasteiger partial charge in [0.15, 0.2) is 0 Å². The van der Waals surface area contributed by atoms with Gasteiger partial charge in [0.25, 0.3) is 5.91 Å². The normalized spacial score (nSPS) is 22.0. The van der Waals surface area contributed by atoms with Gasteiger partial charge in [-0.15, -0.1) is 0 Å². The summed E-state index contributed by atoms with van der Waals surface area (Å²) in [6, 6.07) is 8.68. The van der Waals surface area contributed by atoms with E-state index in [0.29, 0.717) is 12.0 Å². The number of hydrogen-bond acceptors (Lipinski definition) is 2. The zero-order valence-electron chi connectivity index (χ0n) is 15.5. The Balaban J connectivity index is 1.89. The fourth-order valence-electron chi connectivity index (χ4n) is 4.22. The summed E-state index contributed by atoms with van der Waals surface area (Å²) in [7, 11) is 0. The number of carbonyl (C=O) groups excluding carboxylic acids is 1. The highest BCUT2D eigenvalue weighted by Gasteiger charge is 2.32. The number of rotatable bonds is 4. The van der Waals surface area contributed by atoms with E-state index >= 15 is 0 Å². The first-order chi connectivity index (χ1) is 11.5. The van der Waals surface area contributed by atoms with Crippen LogP contribution in [-0.2, 0) is 0 Å². The molecule has 1 amide bonds. The van der Waals surface area contributed by atoms with Gasteiger partial charge < -0.3 is 10.2 Å². The third-order valence-corrected chi connectivity index (χ3v) is 5.37. The van der Waals surface area contributed by atoms with Gasteiger partial charge in [-0.05, 0) is 48.8 Å². The summed E-state index contributed by atoms with van der Waals surface area (Å²) in [5.41, 5.74) is 2.34. The van der Waals surface area contributed by atoms with E-state index in [9.17, 15) is 4.79 Å². The molecule has 3 rings (SSSR count). The average molecular weight is 329 g/mol. The predicted molar refractivity (Wildman–Crippen MR) is 99.4 cm³/mol. The summed E-state index contributed by atoms with van der Waals surface area (Å²) in [6.45, 7) is 9.42. The Morgan fingerprint density at radius 1 is 1.17 bits per heavy atom. The first-order valence-electron chi connectivity index (χ1n) is 9.56. The first-order valence-corrected chi connectivity index (χ1v) is 9.56. The summed E-state index contributed by atoms with van der Waals surface area (Å²) in [5, 5.41) is 3.42. The number of benzene rings is 1. The van der Waals surface area contributed by atoms with Crippen LogP contribution in [0.15, 0.2) is 24.3 Å². The van der Waals surface area contributed by atoms with E-state index in [1.807, 2.05) is 12.1 Å². The lowest BCUT2D eigenvalue weighted by Crippen LogP contribution is -2.46. The lowest BCUT2D eigenvalue weighted by atomic mass is 9.90. The van der Waals surface area contributed by atoms with Gasteiger partial charge in [-0.25, -0.2) is 0 Å². The molecular weight excluding hydrogens is 296 g/mol. The summed E-state index contributed by atoms with van der Waals surface area (Å²) < 4.78 is 0. The second-order valence-electron chi connectivity index (χ2n) is 8.71. The van der Waals surface area contributed by atoms with Crippen molar-refractivity contribution in [3.05, 3.63) is 35.4 Å². The molecule has 1 saturated heterocycles. The molecule has 0 aromatic heterocycles. The van der Waals surface area contributed by atoms with E-state index < -0.39 is 0 Å². The van der Waals surface area contributed by atoms with Gasteiger partial charge >= 0.3 is 0 Å². The molecule has 0 bridgehead atoms. The highest BCUT2D eigenvalue weighted by molar-refractivity contribution is 5.96. The fourth-order valence-corrected chi connectivity index (χ4v) is 4.22. The van der Waals surface area contributed by atoms with Crippen LogP contribution in [-0.4, -0.2) is 36.5 Å². The number of nitrogens with one attached hydrogen (secondary N) is 1. The quantitative estimate of drug-likeness (QED) is 0.898. The Labute approximate surface area is 146 Å². The average Bonchev–Trinajstić information content (AvgIpc) is 3.24. The Morgan fingerprint density at radius 2 is 1.88 bits per heavy atom. The van der Waals surface area contributed by atoms with Crippen molar-refractivity contribution >= 4 is 5.91 Å². The molecule has 1 heterocycles. The van der Waals surface area contributed by atoms with Crippen molar-refractivity contribution in [1.29, 1.82) is 0 Å². The third-order valence-electron chi connectivity index (χ3n) is 5.37. The van der Waals surface area contributed by atoms with Crippen LogP contribution in [0.5, 0.6) is 0 Å². The molecule has 1 aromatic carbocycles. The first kappa shape index (κ1) is 17.5. The van der Waals surface area contributed by atoms with Crippen molar-refractivity contribution in [2.75, 3.05) is 19.6 Å². The Kier molecular flexibility index (Phi) is 5.29. The van der Waals surface area contributed by atoms with Crippen LogP contribution in [0, 0.1) is 5.41 Å². The van der Waals surface area contributed by atoms with Crippen molar-refractivity contribution in [1.82, 2.24) is 10.2 Å². The maximum Gasteiger partial charge on any atom is 0.254 e. The standard InChI is InChI=1S/C21H32N2O/c1-21(2,3)15-23(17-12-13-22-14-17)20(24)19-11-7-6-10-18(19)16-8-4-5-9-16/h6-7,10-11,16-17,22H,4-5,8-9,12-15H2,1-3H3/t17-/m0/s1. The smallest absolute Gasteiger partial charge is 0.254 e. The van der Waals surface area contributed by atoms with Gasteiger partial charge in [0, 0.05) is 24.7 Å². The molecular formula is C21H32N2O. The van der Waals surface area contributed by atoms with Crippen molar-refractivity contribution < 1.29 is 4.79 Å². The van der Waals surface area contributed by atoms with Crippen LogP contribution in [0.25, 0.3) is 0 Å². The SMILES string of the molecule is CC(C)(C)CN(C(=O)c1ccccc1C1CCCC1)[C@H]1CCNC1. The summed E-state index contributed by atoms with van der Waals surface area (Å²) in [4.78, 5) is 15.6. The predicted octanol–water partition coefficient (Wildman–Crippen LogP) is 4.19. The molecule has 1 atom stereocenters. The molecule has 3 nitrogen and oxygen atoms in total. The highest BCUT2D eigenvalue weighted by Crippen LogP contribution is 2.36. The lowest BCUT2D eigenvalue weighted by Gasteiger charge is -2.35. The Hall–Kier alpha value is -1.35. The van der Waals surface area contributed by atoms with Gasteiger partial charge in [-0.3, -0.25) is 4.79 Å². The van der Waals surface area contributed by atoms with Gasteiger partial charge in [0.05, 0.1) is 0 Å². The topological polar surface area (TPSA) is 32.3 Å². The summed E-state index contributed by atoms with van der Waals surface area (Å²) >= 11 is 0. The molecule has 1 aliphatic carbocycles.